The molecule has 0 unspecified atom stereocenters. The van der Waals surface area contributed by atoms with Gasteiger partial charge in [0.2, 0.25) is 11.8 Å². The van der Waals surface area contributed by atoms with E-state index in [1.807, 2.05) is 30.0 Å². The summed E-state index contributed by atoms with van der Waals surface area (Å²) in [7, 11) is 0. The van der Waals surface area contributed by atoms with Crippen LogP contribution in [0.1, 0.15) is 57.6 Å². The molecule has 24 heavy (non-hydrogen) atoms. The standard InChI is InChI=1S/C20H28N2O2/c1-3-21-14-17(13-19(21)23)20(24)22(18-11-7-8-12-18)15(2)16-9-5-4-6-10-16/h4-6,9-10,15,17-18H,3,7-8,11-14H2,1-2H3/t15-,17-/m1/s1. The molecule has 2 aliphatic rings. The Morgan fingerprint density at radius 2 is 1.92 bits per heavy atom. The van der Waals surface area contributed by atoms with Gasteiger partial charge >= 0.3 is 0 Å². The number of rotatable bonds is 5. The van der Waals surface area contributed by atoms with Crippen LogP contribution in [0.3, 0.4) is 0 Å². The zero-order chi connectivity index (χ0) is 17.1. The number of likely N-dealkylation sites (tertiary alicyclic amines) is 1. The van der Waals surface area contributed by atoms with Gasteiger partial charge in [0.05, 0.1) is 12.0 Å². The van der Waals surface area contributed by atoms with Crippen LogP contribution in [0.15, 0.2) is 30.3 Å². The summed E-state index contributed by atoms with van der Waals surface area (Å²) in [5.74, 6) is 0.112. The van der Waals surface area contributed by atoms with Crippen molar-refractivity contribution in [3.05, 3.63) is 35.9 Å². The van der Waals surface area contributed by atoms with E-state index in [2.05, 4.69) is 24.0 Å². The maximum absolute atomic E-state index is 13.3. The number of hydrogen-bond donors (Lipinski definition) is 0. The Kier molecular flexibility index (Phi) is 5.22. The number of hydrogen-bond acceptors (Lipinski definition) is 2. The Bertz CT molecular complexity index is 581. The van der Waals surface area contributed by atoms with Crippen LogP contribution in [0, 0.1) is 5.92 Å². The van der Waals surface area contributed by atoms with Gasteiger partial charge in [-0.2, -0.15) is 0 Å². The molecule has 1 aliphatic heterocycles. The molecule has 1 saturated carbocycles. The smallest absolute Gasteiger partial charge is 0.228 e. The van der Waals surface area contributed by atoms with E-state index in [0.717, 1.165) is 12.8 Å². The fraction of sp³-hybridized carbons (Fsp3) is 0.600. The number of nitrogens with zero attached hydrogens (tertiary/aromatic N) is 2. The van der Waals surface area contributed by atoms with E-state index in [4.69, 9.17) is 0 Å². The first-order chi connectivity index (χ1) is 11.6. The fourth-order valence-corrected chi connectivity index (χ4v) is 4.22. The van der Waals surface area contributed by atoms with Gasteiger partial charge in [0, 0.05) is 25.6 Å². The highest BCUT2D eigenvalue weighted by Gasteiger charge is 2.40. The van der Waals surface area contributed by atoms with Gasteiger partial charge in [-0.1, -0.05) is 43.2 Å². The second-order valence-electron chi connectivity index (χ2n) is 7.10. The molecule has 2 amide bonds. The first-order valence-corrected chi connectivity index (χ1v) is 9.26. The van der Waals surface area contributed by atoms with Crippen molar-refractivity contribution in [1.29, 1.82) is 0 Å². The molecule has 0 bridgehead atoms. The third-order valence-electron chi connectivity index (χ3n) is 5.62. The van der Waals surface area contributed by atoms with Crippen LogP contribution in [0.2, 0.25) is 0 Å². The lowest BCUT2D eigenvalue weighted by atomic mass is 9.99. The second-order valence-corrected chi connectivity index (χ2v) is 7.10. The van der Waals surface area contributed by atoms with Gasteiger partial charge in [0.1, 0.15) is 0 Å². The molecule has 4 heteroatoms. The monoisotopic (exact) mass is 328 g/mol. The molecule has 2 fully saturated rings. The third-order valence-corrected chi connectivity index (χ3v) is 5.62. The molecule has 1 aliphatic carbocycles. The number of amides is 2. The van der Waals surface area contributed by atoms with E-state index in [9.17, 15) is 9.59 Å². The normalized spacial score (nSPS) is 22.8. The van der Waals surface area contributed by atoms with Crippen molar-refractivity contribution in [2.75, 3.05) is 13.1 Å². The highest BCUT2D eigenvalue weighted by Crippen LogP contribution is 2.34. The van der Waals surface area contributed by atoms with Crippen molar-refractivity contribution >= 4 is 11.8 Å². The average molecular weight is 328 g/mol. The maximum Gasteiger partial charge on any atom is 0.228 e. The summed E-state index contributed by atoms with van der Waals surface area (Å²) in [5.41, 5.74) is 1.18. The van der Waals surface area contributed by atoms with E-state index in [0.29, 0.717) is 25.6 Å². The number of carbonyl (C=O) groups excluding carboxylic acids is 2. The van der Waals surface area contributed by atoms with Crippen molar-refractivity contribution in [2.45, 2.75) is 58.0 Å². The van der Waals surface area contributed by atoms with Crippen LogP contribution < -0.4 is 0 Å². The van der Waals surface area contributed by atoms with Crippen LogP contribution in [-0.2, 0) is 9.59 Å². The van der Waals surface area contributed by atoms with Gasteiger partial charge in [-0.25, -0.2) is 0 Å². The highest BCUT2D eigenvalue weighted by molar-refractivity contribution is 5.89. The van der Waals surface area contributed by atoms with Gasteiger partial charge in [-0.15, -0.1) is 0 Å². The molecule has 0 radical (unpaired) electrons. The number of benzene rings is 1. The van der Waals surface area contributed by atoms with Gasteiger partial charge in [-0.05, 0) is 32.3 Å². The topological polar surface area (TPSA) is 40.6 Å². The lowest BCUT2D eigenvalue weighted by molar-refractivity contribution is -0.140. The predicted octanol–water partition coefficient (Wildman–Crippen LogP) is 3.39. The van der Waals surface area contributed by atoms with Crippen molar-refractivity contribution in [3.8, 4) is 0 Å². The average Bonchev–Trinajstić information content (AvgIpc) is 3.25. The summed E-state index contributed by atoms with van der Waals surface area (Å²) in [4.78, 5) is 29.3. The lowest BCUT2D eigenvalue weighted by Crippen LogP contribution is -2.44. The van der Waals surface area contributed by atoms with E-state index < -0.39 is 0 Å². The Hall–Kier alpha value is -1.84. The van der Waals surface area contributed by atoms with E-state index >= 15 is 0 Å². The Morgan fingerprint density at radius 1 is 1.25 bits per heavy atom. The van der Waals surface area contributed by atoms with Crippen molar-refractivity contribution < 1.29 is 9.59 Å². The van der Waals surface area contributed by atoms with Crippen LogP contribution in [0.25, 0.3) is 0 Å². The summed E-state index contributed by atoms with van der Waals surface area (Å²) < 4.78 is 0. The summed E-state index contributed by atoms with van der Waals surface area (Å²) in [5, 5.41) is 0. The molecule has 3 rings (SSSR count). The molecule has 4 nitrogen and oxygen atoms in total. The zero-order valence-electron chi connectivity index (χ0n) is 14.8. The predicted molar refractivity (Wildman–Crippen MR) is 94.3 cm³/mol. The first kappa shape index (κ1) is 17.0. The first-order valence-electron chi connectivity index (χ1n) is 9.26. The molecular weight excluding hydrogens is 300 g/mol. The molecule has 1 saturated heterocycles. The van der Waals surface area contributed by atoms with Gasteiger partial charge < -0.3 is 9.80 Å². The summed E-state index contributed by atoms with van der Waals surface area (Å²) >= 11 is 0. The van der Waals surface area contributed by atoms with E-state index in [1.54, 1.807) is 0 Å². The maximum atomic E-state index is 13.3. The molecule has 1 aromatic rings. The van der Waals surface area contributed by atoms with Crippen molar-refractivity contribution in [3.63, 3.8) is 0 Å². The van der Waals surface area contributed by atoms with Gasteiger partial charge in [-0.3, -0.25) is 9.59 Å². The Balaban J connectivity index is 1.82. The van der Waals surface area contributed by atoms with Crippen LogP contribution in [0.4, 0.5) is 0 Å². The molecular formula is C20H28N2O2. The lowest BCUT2D eigenvalue weighted by Gasteiger charge is -2.36. The third kappa shape index (κ3) is 3.33. The molecule has 1 aromatic carbocycles. The van der Waals surface area contributed by atoms with Gasteiger partial charge in [0.15, 0.2) is 0 Å². The summed E-state index contributed by atoms with van der Waals surface area (Å²) in [6.45, 7) is 5.38. The SMILES string of the molecule is CCN1C[C@H](C(=O)N(C2CCCC2)[C@H](C)c2ccccc2)CC1=O. The zero-order valence-corrected chi connectivity index (χ0v) is 14.8. The minimum Gasteiger partial charge on any atom is -0.342 e. The van der Waals surface area contributed by atoms with Crippen LogP contribution >= 0.6 is 0 Å². The molecule has 0 aromatic heterocycles. The summed E-state index contributed by atoms with van der Waals surface area (Å²) in [6.07, 6.45) is 4.93. The second kappa shape index (κ2) is 7.37. The molecule has 0 N–H and O–H groups in total. The molecule has 1 heterocycles. The van der Waals surface area contributed by atoms with Crippen LogP contribution in [-0.4, -0.2) is 40.7 Å². The minimum absolute atomic E-state index is 0.0626. The molecule has 2 atom stereocenters. The number of carbonyl (C=O) groups is 2. The van der Waals surface area contributed by atoms with E-state index in [-0.39, 0.29) is 23.8 Å². The van der Waals surface area contributed by atoms with Gasteiger partial charge in [0.25, 0.3) is 0 Å². The molecule has 0 spiro atoms. The Morgan fingerprint density at radius 3 is 2.50 bits per heavy atom. The Labute approximate surface area is 144 Å². The fourth-order valence-electron chi connectivity index (χ4n) is 4.22. The van der Waals surface area contributed by atoms with E-state index in [1.165, 1.54) is 18.4 Å². The molecule has 130 valence electrons. The highest BCUT2D eigenvalue weighted by atomic mass is 16.2. The minimum atomic E-state index is -0.177. The van der Waals surface area contributed by atoms with Crippen molar-refractivity contribution in [2.24, 2.45) is 5.92 Å². The van der Waals surface area contributed by atoms with Crippen LogP contribution in [0.5, 0.6) is 0 Å². The largest absolute Gasteiger partial charge is 0.342 e. The summed E-state index contributed by atoms with van der Waals surface area (Å²) in [6, 6.07) is 10.6. The quantitative estimate of drug-likeness (QED) is 0.831. The van der Waals surface area contributed by atoms with Crippen molar-refractivity contribution in [1.82, 2.24) is 9.80 Å².